The van der Waals surface area contributed by atoms with Gasteiger partial charge in [-0.25, -0.2) is 9.37 Å². The molecule has 0 saturated carbocycles. The fraction of sp³-hybridized carbons (Fsp3) is 0.200. The maximum Gasteiger partial charge on any atom is 0.297 e. The normalized spacial score (nSPS) is 12.0. The molecule has 3 aromatic rings. The van der Waals surface area contributed by atoms with Crippen LogP contribution in [0.15, 0.2) is 65.7 Å². The lowest BCUT2D eigenvalue weighted by atomic mass is 10.0. The second-order valence-corrected chi connectivity index (χ2v) is 6.08. The highest BCUT2D eigenvalue weighted by Gasteiger charge is 2.10. The highest BCUT2D eigenvalue weighted by atomic mass is 19.1. The number of anilines is 1. The fourth-order valence-electron chi connectivity index (χ4n) is 2.62. The molecule has 4 nitrogen and oxygen atoms in total. The van der Waals surface area contributed by atoms with Crippen molar-refractivity contribution >= 4 is 5.82 Å². The lowest BCUT2D eigenvalue weighted by molar-refractivity contribution is 0.617. The molecule has 0 spiro atoms. The van der Waals surface area contributed by atoms with Gasteiger partial charge < -0.3 is 5.32 Å². The third kappa shape index (κ3) is 3.76. The molecule has 1 aromatic heterocycles. The summed E-state index contributed by atoms with van der Waals surface area (Å²) in [6.45, 7) is 4.35. The summed E-state index contributed by atoms with van der Waals surface area (Å²) in [5, 5.41) is 3.11. The molecule has 0 bridgehead atoms. The smallest absolute Gasteiger partial charge is 0.297 e. The number of aromatic nitrogens is 2. The van der Waals surface area contributed by atoms with Crippen LogP contribution in [0, 0.1) is 12.7 Å². The van der Waals surface area contributed by atoms with Crippen LogP contribution >= 0.6 is 0 Å². The third-order valence-corrected chi connectivity index (χ3v) is 4.22. The molecule has 0 unspecified atom stereocenters. The summed E-state index contributed by atoms with van der Waals surface area (Å²) >= 11 is 0. The molecule has 5 heteroatoms. The number of aryl methyl sites for hydroxylation is 1. The van der Waals surface area contributed by atoms with Crippen LogP contribution in [0.4, 0.5) is 10.2 Å². The van der Waals surface area contributed by atoms with Crippen molar-refractivity contribution in [3.63, 3.8) is 0 Å². The maximum absolute atomic E-state index is 13.8. The van der Waals surface area contributed by atoms with Gasteiger partial charge in [-0.3, -0.25) is 9.36 Å². The molecule has 0 radical (unpaired) electrons. The topological polar surface area (TPSA) is 46.9 Å². The number of rotatable bonds is 5. The van der Waals surface area contributed by atoms with E-state index >= 15 is 0 Å². The van der Waals surface area contributed by atoms with Gasteiger partial charge in [-0.05, 0) is 36.1 Å². The minimum absolute atomic E-state index is 0.230. The number of halogens is 1. The molecule has 1 N–H and O–H groups in total. The Morgan fingerprint density at radius 2 is 1.96 bits per heavy atom. The Hall–Kier alpha value is -2.95. The SMILES string of the molecule is Cc1ccc(-n2ccnc(NC[C@@H](C)c3ccccc3)c2=O)cc1F. The zero-order valence-corrected chi connectivity index (χ0v) is 14.2. The van der Waals surface area contributed by atoms with E-state index < -0.39 is 0 Å². The van der Waals surface area contributed by atoms with E-state index in [0.29, 0.717) is 17.8 Å². The predicted octanol–water partition coefficient (Wildman–Crippen LogP) is 3.90. The zero-order valence-electron chi connectivity index (χ0n) is 14.2. The number of benzene rings is 2. The van der Waals surface area contributed by atoms with Gasteiger partial charge in [0.15, 0.2) is 5.82 Å². The second-order valence-electron chi connectivity index (χ2n) is 6.08. The molecule has 25 heavy (non-hydrogen) atoms. The van der Waals surface area contributed by atoms with E-state index in [1.165, 1.54) is 28.6 Å². The number of nitrogens with one attached hydrogen (secondary N) is 1. The number of hydrogen-bond donors (Lipinski definition) is 1. The van der Waals surface area contributed by atoms with Crippen molar-refractivity contribution in [1.29, 1.82) is 0 Å². The molecule has 0 aliphatic carbocycles. The van der Waals surface area contributed by atoms with Crippen molar-refractivity contribution < 1.29 is 4.39 Å². The summed E-state index contributed by atoms with van der Waals surface area (Å²) in [7, 11) is 0. The van der Waals surface area contributed by atoms with Crippen molar-refractivity contribution in [3.05, 3.63) is 88.2 Å². The monoisotopic (exact) mass is 337 g/mol. The van der Waals surface area contributed by atoms with E-state index in [1.54, 1.807) is 19.1 Å². The Bertz CT molecular complexity index is 922. The second kappa shape index (κ2) is 7.30. The van der Waals surface area contributed by atoms with Crippen LogP contribution in [0.5, 0.6) is 0 Å². The molecule has 3 rings (SSSR count). The van der Waals surface area contributed by atoms with E-state index in [-0.39, 0.29) is 23.1 Å². The predicted molar refractivity (Wildman–Crippen MR) is 97.9 cm³/mol. The van der Waals surface area contributed by atoms with Gasteiger partial charge in [-0.2, -0.15) is 0 Å². The Kier molecular flexibility index (Phi) is 4.93. The summed E-state index contributed by atoms with van der Waals surface area (Å²) < 4.78 is 15.2. The lowest BCUT2D eigenvalue weighted by Crippen LogP contribution is -2.24. The largest absolute Gasteiger partial charge is 0.365 e. The molecule has 0 amide bonds. The molecular formula is C20H20FN3O. The molecule has 2 aromatic carbocycles. The molecule has 0 saturated heterocycles. The average Bonchev–Trinajstić information content (AvgIpc) is 2.64. The Morgan fingerprint density at radius 1 is 1.20 bits per heavy atom. The van der Waals surface area contributed by atoms with Crippen LogP contribution in [0.3, 0.4) is 0 Å². The first-order valence-corrected chi connectivity index (χ1v) is 8.19. The van der Waals surface area contributed by atoms with Crippen LogP contribution in [0.2, 0.25) is 0 Å². The third-order valence-electron chi connectivity index (χ3n) is 4.22. The standard InChI is InChI=1S/C20H20FN3O/c1-14-8-9-17(12-18(14)21)24-11-10-22-19(20(24)25)23-13-15(2)16-6-4-3-5-7-16/h3-12,15H,13H2,1-2H3,(H,22,23)/t15-/m1/s1. The minimum atomic E-state index is -0.339. The minimum Gasteiger partial charge on any atom is -0.365 e. The van der Waals surface area contributed by atoms with Crippen LogP contribution in [-0.4, -0.2) is 16.1 Å². The molecule has 1 heterocycles. The van der Waals surface area contributed by atoms with Gasteiger partial charge in [0.1, 0.15) is 5.82 Å². The molecule has 0 fully saturated rings. The van der Waals surface area contributed by atoms with Gasteiger partial charge in [-0.1, -0.05) is 43.3 Å². The molecule has 0 aliphatic rings. The maximum atomic E-state index is 13.8. The van der Waals surface area contributed by atoms with Crippen LogP contribution in [0.1, 0.15) is 24.0 Å². The Morgan fingerprint density at radius 3 is 2.68 bits per heavy atom. The van der Waals surface area contributed by atoms with E-state index in [9.17, 15) is 9.18 Å². The van der Waals surface area contributed by atoms with E-state index in [4.69, 9.17) is 0 Å². The zero-order chi connectivity index (χ0) is 17.8. The summed E-state index contributed by atoms with van der Waals surface area (Å²) in [4.78, 5) is 16.8. The highest BCUT2D eigenvalue weighted by Crippen LogP contribution is 2.15. The first-order valence-electron chi connectivity index (χ1n) is 8.19. The summed E-state index contributed by atoms with van der Waals surface area (Å²) in [5.74, 6) is 0.146. The highest BCUT2D eigenvalue weighted by molar-refractivity contribution is 5.40. The van der Waals surface area contributed by atoms with Gasteiger partial charge in [0, 0.05) is 18.9 Å². The molecule has 128 valence electrons. The average molecular weight is 337 g/mol. The van der Waals surface area contributed by atoms with Gasteiger partial charge in [0.05, 0.1) is 5.69 Å². The van der Waals surface area contributed by atoms with Crippen molar-refractivity contribution in [2.45, 2.75) is 19.8 Å². The number of hydrogen-bond acceptors (Lipinski definition) is 3. The van der Waals surface area contributed by atoms with Crippen molar-refractivity contribution in [3.8, 4) is 5.69 Å². The van der Waals surface area contributed by atoms with Gasteiger partial charge >= 0.3 is 0 Å². The lowest BCUT2D eigenvalue weighted by Gasteiger charge is -2.14. The van der Waals surface area contributed by atoms with Gasteiger partial charge in [0.25, 0.3) is 5.56 Å². The van der Waals surface area contributed by atoms with Gasteiger partial charge in [0.2, 0.25) is 0 Å². The van der Waals surface area contributed by atoms with Crippen LogP contribution in [-0.2, 0) is 0 Å². The van der Waals surface area contributed by atoms with Crippen LogP contribution < -0.4 is 10.9 Å². The number of nitrogens with zero attached hydrogens (tertiary/aromatic N) is 2. The Labute approximate surface area is 146 Å². The molecule has 0 aliphatic heterocycles. The van der Waals surface area contributed by atoms with E-state index in [0.717, 1.165) is 0 Å². The van der Waals surface area contributed by atoms with E-state index in [1.807, 2.05) is 18.2 Å². The quantitative estimate of drug-likeness (QED) is 0.768. The summed E-state index contributed by atoms with van der Waals surface area (Å²) in [5.41, 5.74) is 1.91. The Balaban J connectivity index is 1.82. The van der Waals surface area contributed by atoms with Crippen molar-refractivity contribution in [2.75, 3.05) is 11.9 Å². The molecular weight excluding hydrogens is 317 g/mol. The van der Waals surface area contributed by atoms with E-state index in [2.05, 4.69) is 29.4 Å². The van der Waals surface area contributed by atoms with Crippen LogP contribution in [0.25, 0.3) is 5.69 Å². The fourth-order valence-corrected chi connectivity index (χ4v) is 2.62. The first-order chi connectivity index (χ1) is 12.1. The van der Waals surface area contributed by atoms with Crippen molar-refractivity contribution in [2.24, 2.45) is 0 Å². The summed E-state index contributed by atoms with van der Waals surface area (Å²) in [6.07, 6.45) is 3.08. The summed E-state index contributed by atoms with van der Waals surface area (Å²) in [6, 6.07) is 14.8. The van der Waals surface area contributed by atoms with Gasteiger partial charge in [-0.15, -0.1) is 0 Å². The first kappa shape index (κ1) is 16.9. The molecule has 1 atom stereocenters. The van der Waals surface area contributed by atoms with Crippen molar-refractivity contribution in [1.82, 2.24) is 9.55 Å².